The molecule has 0 radical (unpaired) electrons. The second-order valence-electron chi connectivity index (χ2n) is 4.97. The standard InChI is InChI=1S/C16H17ClO3/c1-5-11(10(4)17)13-7-12-8(2)6-14(18)20-16(12)9(3)15(13)19/h6-7,11,19H,4-5H2,1-3H3. The minimum atomic E-state index is -0.418. The molecule has 2 rings (SSSR count). The van der Waals surface area contributed by atoms with Crippen molar-refractivity contribution >= 4 is 22.6 Å². The summed E-state index contributed by atoms with van der Waals surface area (Å²) in [7, 11) is 0. The minimum absolute atomic E-state index is 0.111. The lowest BCUT2D eigenvalue weighted by atomic mass is 9.91. The SMILES string of the molecule is C=C(Cl)C(CC)c1cc2c(C)cc(=O)oc2c(C)c1O. The molecule has 1 atom stereocenters. The van der Waals surface area contributed by atoms with Gasteiger partial charge in [-0.3, -0.25) is 0 Å². The molecule has 2 aromatic rings. The molecule has 0 spiro atoms. The molecule has 0 fully saturated rings. The van der Waals surface area contributed by atoms with Gasteiger partial charge in [-0.1, -0.05) is 25.1 Å². The second-order valence-corrected chi connectivity index (χ2v) is 5.46. The molecule has 1 unspecified atom stereocenters. The van der Waals surface area contributed by atoms with Crippen molar-refractivity contribution in [1.29, 1.82) is 0 Å². The number of phenolic OH excluding ortho intramolecular Hbond substituents is 1. The van der Waals surface area contributed by atoms with Crippen LogP contribution in [-0.4, -0.2) is 5.11 Å². The fourth-order valence-corrected chi connectivity index (χ4v) is 2.77. The number of halogens is 1. The van der Waals surface area contributed by atoms with Crippen molar-refractivity contribution in [3.63, 3.8) is 0 Å². The largest absolute Gasteiger partial charge is 0.507 e. The van der Waals surface area contributed by atoms with Gasteiger partial charge < -0.3 is 9.52 Å². The molecule has 0 saturated carbocycles. The second kappa shape index (κ2) is 5.33. The monoisotopic (exact) mass is 292 g/mol. The number of phenols is 1. The Kier molecular flexibility index (Phi) is 3.91. The third-order valence-electron chi connectivity index (χ3n) is 3.64. The zero-order chi connectivity index (χ0) is 15.0. The third-order valence-corrected chi connectivity index (χ3v) is 3.90. The van der Waals surface area contributed by atoms with Crippen LogP contribution in [0.2, 0.25) is 0 Å². The quantitative estimate of drug-likeness (QED) is 0.855. The van der Waals surface area contributed by atoms with Crippen molar-refractivity contribution < 1.29 is 9.52 Å². The van der Waals surface area contributed by atoms with Crippen LogP contribution < -0.4 is 5.63 Å². The van der Waals surface area contributed by atoms with Gasteiger partial charge in [-0.25, -0.2) is 4.79 Å². The molecule has 1 heterocycles. The summed E-state index contributed by atoms with van der Waals surface area (Å²) in [4.78, 5) is 11.5. The minimum Gasteiger partial charge on any atom is -0.507 e. The Hall–Kier alpha value is -1.74. The van der Waals surface area contributed by atoms with E-state index in [9.17, 15) is 9.90 Å². The Morgan fingerprint density at radius 1 is 1.45 bits per heavy atom. The first-order valence-corrected chi connectivity index (χ1v) is 6.85. The Labute approximate surface area is 122 Å². The summed E-state index contributed by atoms with van der Waals surface area (Å²) in [5.74, 6) is -0.0222. The highest BCUT2D eigenvalue weighted by molar-refractivity contribution is 6.30. The number of rotatable bonds is 3. The van der Waals surface area contributed by atoms with E-state index >= 15 is 0 Å². The topological polar surface area (TPSA) is 50.4 Å². The Morgan fingerprint density at radius 2 is 2.10 bits per heavy atom. The highest BCUT2D eigenvalue weighted by Gasteiger charge is 2.20. The highest BCUT2D eigenvalue weighted by atomic mass is 35.5. The predicted molar refractivity (Wildman–Crippen MR) is 81.6 cm³/mol. The van der Waals surface area contributed by atoms with E-state index in [1.54, 1.807) is 6.92 Å². The van der Waals surface area contributed by atoms with Gasteiger partial charge in [0.05, 0.1) is 0 Å². The smallest absolute Gasteiger partial charge is 0.336 e. The third kappa shape index (κ3) is 2.34. The summed E-state index contributed by atoms with van der Waals surface area (Å²) in [6, 6.07) is 3.27. The maximum absolute atomic E-state index is 11.5. The lowest BCUT2D eigenvalue weighted by molar-refractivity contribution is 0.457. The Balaban J connectivity index is 2.86. The molecule has 1 N–H and O–H groups in total. The van der Waals surface area contributed by atoms with Crippen molar-refractivity contribution in [2.75, 3.05) is 0 Å². The molecule has 0 aliphatic carbocycles. The summed E-state index contributed by atoms with van der Waals surface area (Å²) in [5, 5.41) is 11.7. The van der Waals surface area contributed by atoms with E-state index < -0.39 is 5.63 Å². The first kappa shape index (κ1) is 14.7. The maximum Gasteiger partial charge on any atom is 0.336 e. The van der Waals surface area contributed by atoms with Crippen molar-refractivity contribution in [2.24, 2.45) is 0 Å². The summed E-state index contributed by atoms with van der Waals surface area (Å²) in [6.45, 7) is 9.32. The van der Waals surface area contributed by atoms with Crippen LogP contribution in [-0.2, 0) is 0 Å². The van der Waals surface area contributed by atoms with Gasteiger partial charge in [0, 0.05) is 33.5 Å². The Morgan fingerprint density at radius 3 is 2.65 bits per heavy atom. The van der Waals surface area contributed by atoms with E-state index in [0.717, 1.165) is 22.9 Å². The average Bonchev–Trinajstić information content (AvgIpc) is 2.36. The molecule has 0 bridgehead atoms. The molecule has 0 saturated heterocycles. The molecule has 1 aromatic carbocycles. The first-order valence-electron chi connectivity index (χ1n) is 6.48. The van der Waals surface area contributed by atoms with E-state index in [0.29, 0.717) is 16.2 Å². The van der Waals surface area contributed by atoms with Crippen LogP contribution >= 0.6 is 11.6 Å². The number of allylic oxidation sites excluding steroid dienone is 1. The summed E-state index contributed by atoms with van der Waals surface area (Å²) >= 11 is 6.04. The Bertz CT molecular complexity index is 743. The number of hydrogen-bond donors (Lipinski definition) is 1. The van der Waals surface area contributed by atoms with Crippen molar-refractivity contribution in [3.8, 4) is 5.75 Å². The number of aromatic hydroxyl groups is 1. The van der Waals surface area contributed by atoms with Crippen molar-refractivity contribution in [2.45, 2.75) is 33.1 Å². The fraction of sp³-hybridized carbons (Fsp3) is 0.312. The van der Waals surface area contributed by atoms with E-state index in [2.05, 4.69) is 6.58 Å². The van der Waals surface area contributed by atoms with Crippen LogP contribution in [0.15, 0.2) is 33.0 Å². The molecule has 0 amide bonds. The van der Waals surface area contributed by atoms with Gasteiger partial charge in [-0.2, -0.15) is 0 Å². The summed E-state index contributed by atoms with van der Waals surface area (Å²) in [6.07, 6.45) is 0.733. The molecule has 3 nitrogen and oxygen atoms in total. The van der Waals surface area contributed by atoms with Gasteiger partial charge in [-0.15, -0.1) is 0 Å². The van der Waals surface area contributed by atoms with Crippen LogP contribution in [0.25, 0.3) is 11.0 Å². The molecule has 4 heteroatoms. The van der Waals surface area contributed by atoms with Crippen molar-refractivity contribution in [3.05, 3.63) is 50.9 Å². The number of aryl methyl sites for hydroxylation is 2. The van der Waals surface area contributed by atoms with Gasteiger partial charge >= 0.3 is 5.63 Å². The van der Waals surface area contributed by atoms with Gasteiger partial charge in [0.2, 0.25) is 0 Å². The average molecular weight is 293 g/mol. The van der Waals surface area contributed by atoms with Gasteiger partial charge in [0.15, 0.2) is 0 Å². The van der Waals surface area contributed by atoms with Gasteiger partial charge in [0.25, 0.3) is 0 Å². The van der Waals surface area contributed by atoms with E-state index in [4.69, 9.17) is 16.0 Å². The number of hydrogen-bond acceptors (Lipinski definition) is 3. The van der Waals surface area contributed by atoms with Crippen LogP contribution in [0, 0.1) is 13.8 Å². The van der Waals surface area contributed by atoms with Crippen LogP contribution in [0.4, 0.5) is 0 Å². The fourth-order valence-electron chi connectivity index (χ4n) is 2.50. The first-order chi connectivity index (χ1) is 9.36. The zero-order valence-electron chi connectivity index (χ0n) is 11.8. The van der Waals surface area contributed by atoms with Crippen molar-refractivity contribution in [1.82, 2.24) is 0 Å². The molecular formula is C16H17ClO3. The lowest BCUT2D eigenvalue weighted by Crippen LogP contribution is -2.03. The molecule has 0 aliphatic rings. The van der Waals surface area contributed by atoms with E-state index in [-0.39, 0.29) is 11.7 Å². The summed E-state index contributed by atoms with van der Waals surface area (Å²) < 4.78 is 5.21. The number of benzene rings is 1. The van der Waals surface area contributed by atoms with Gasteiger partial charge in [0.1, 0.15) is 11.3 Å². The van der Waals surface area contributed by atoms with Gasteiger partial charge in [-0.05, 0) is 31.9 Å². The molecular weight excluding hydrogens is 276 g/mol. The highest BCUT2D eigenvalue weighted by Crippen LogP contribution is 2.40. The molecule has 106 valence electrons. The van der Waals surface area contributed by atoms with Crippen LogP contribution in [0.1, 0.15) is 36.0 Å². The molecule has 0 aliphatic heterocycles. The van der Waals surface area contributed by atoms with E-state index in [1.165, 1.54) is 6.07 Å². The predicted octanol–water partition coefficient (Wildman–Crippen LogP) is 4.36. The molecule has 20 heavy (non-hydrogen) atoms. The molecule has 1 aromatic heterocycles. The maximum atomic E-state index is 11.5. The normalized spacial score (nSPS) is 12.6. The summed E-state index contributed by atoms with van der Waals surface area (Å²) in [5.41, 5.74) is 2.09. The van der Waals surface area contributed by atoms with Crippen LogP contribution in [0.5, 0.6) is 5.75 Å². The zero-order valence-corrected chi connectivity index (χ0v) is 12.5. The number of fused-ring (bicyclic) bond motifs is 1. The van der Waals surface area contributed by atoms with Crippen LogP contribution in [0.3, 0.4) is 0 Å². The van der Waals surface area contributed by atoms with E-state index in [1.807, 2.05) is 19.9 Å². The lowest BCUT2D eigenvalue weighted by Gasteiger charge is -2.18.